The molecular formula is C17H22N2O3S. The van der Waals surface area contributed by atoms with Crippen LogP contribution in [0.5, 0.6) is 5.88 Å². The Bertz CT molecular complexity index is 622. The Balaban J connectivity index is 1.98. The monoisotopic (exact) mass is 334 g/mol. The number of hydrogen-bond acceptors (Lipinski definition) is 5. The average Bonchev–Trinajstić information content (AvgIpc) is 2.99. The number of nitrogens with zero attached hydrogens (tertiary/aromatic N) is 1. The molecule has 5 nitrogen and oxygen atoms in total. The summed E-state index contributed by atoms with van der Waals surface area (Å²) in [6.07, 6.45) is 1.63. The van der Waals surface area contributed by atoms with Crippen LogP contribution >= 0.6 is 0 Å². The van der Waals surface area contributed by atoms with Crippen molar-refractivity contribution in [3.05, 3.63) is 60.4 Å². The van der Waals surface area contributed by atoms with E-state index in [0.717, 1.165) is 5.56 Å². The van der Waals surface area contributed by atoms with Gasteiger partial charge in [0.2, 0.25) is 0 Å². The van der Waals surface area contributed by atoms with Gasteiger partial charge < -0.3 is 13.8 Å². The molecule has 0 radical (unpaired) electrons. The third-order valence-corrected chi connectivity index (χ3v) is 4.65. The largest absolute Gasteiger partial charge is 0.598 e. The van der Waals surface area contributed by atoms with Gasteiger partial charge in [-0.1, -0.05) is 36.4 Å². The molecule has 0 fully saturated rings. The van der Waals surface area contributed by atoms with Crippen LogP contribution in [0, 0.1) is 0 Å². The first-order valence-electron chi connectivity index (χ1n) is 7.34. The Hall–Kier alpha value is -1.76. The highest BCUT2D eigenvalue weighted by Gasteiger charge is 2.30. The molecule has 0 aliphatic heterocycles. The zero-order chi connectivity index (χ0) is 16.9. The van der Waals surface area contributed by atoms with Crippen LogP contribution in [0.2, 0.25) is 0 Å². The maximum absolute atomic E-state index is 12.2. The smallest absolute Gasteiger partial charge is 0.254 e. The molecule has 0 saturated carbocycles. The summed E-state index contributed by atoms with van der Waals surface area (Å²) < 4.78 is 25.7. The third kappa shape index (κ3) is 5.13. The van der Waals surface area contributed by atoms with Crippen LogP contribution in [0.15, 0.2) is 53.6 Å². The Morgan fingerprint density at radius 3 is 2.70 bits per heavy atom. The fourth-order valence-corrected chi connectivity index (χ4v) is 2.53. The van der Waals surface area contributed by atoms with E-state index in [-0.39, 0.29) is 4.75 Å². The van der Waals surface area contributed by atoms with Crippen LogP contribution in [0.4, 0.5) is 0 Å². The topological polar surface area (TPSA) is 70.3 Å². The van der Waals surface area contributed by atoms with Gasteiger partial charge in [0.15, 0.2) is 5.76 Å². The molecule has 2 rings (SSSR count). The van der Waals surface area contributed by atoms with Crippen molar-refractivity contribution >= 4 is 11.4 Å². The molecule has 23 heavy (non-hydrogen) atoms. The van der Waals surface area contributed by atoms with Gasteiger partial charge in [0.1, 0.15) is 17.4 Å². The highest BCUT2D eigenvalue weighted by molar-refractivity contribution is 7.90. The van der Waals surface area contributed by atoms with Crippen molar-refractivity contribution in [2.24, 2.45) is 0 Å². The van der Waals surface area contributed by atoms with Crippen molar-refractivity contribution in [1.29, 1.82) is 0 Å². The second-order valence-electron chi connectivity index (χ2n) is 6.05. The fraction of sp³-hybridized carbons (Fsp3) is 0.353. The quantitative estimate of drug-likeness (QED) is 0.619. The molecule has 1 aromatic heterocycles. The number of ether oxygens (including phenoxy) is 1. The lowest BCUT2D eigenvalue weighted by molar-refractivity contribution is 0.264. The van der Waals surface area contributed by atoms with Gasteiger partial charge in [0.25, 0.3) is 5.88 Å². The predicted molar refractivity (Wildman–Crippen MR) is 91.2 cm³/mol. The first-order valence-corrected chi connectivity index (χ1v) is 8.49. The van der Waals surface area contributed by atoms with Gasteiger partial charge in [-0.05, 0) is 31.5 Å². The SMILES string of the molecule is C=C[C@H](N[S@@+]([O-])C(C)(C)C)c1cc(OCc2ccccc2)no1. The second-order valence-corrected chi connectivity index (χ2v) is 8.05. The van der Waals surface area contributed by atoms with Crippen LogP contribution in [0.3, 0.4) is 0 Å². The van der Waals surface area contributed by atoms with Crippen LogP contribution in [-0.2, 0) is 18.0 Å². The third-order valence-electron chi connectivity index (χ3n) is 3.07. The number of rotatable bonds is 7. The van der Waals surface area contributed by atoms with Crippen molar-refractivity contribution in [3.8, 4) is 5.88 Å². The first-order chi connectivity index (χ1) is 10.9. The lowest BCUT2D eigenvalue weighted by atomic mass is 10.2. The van der Waals surface area contributed by atoms with Crippen LogP contribution in [-0.4, -0.2) is 14.5 Å². The molecule has 0 unspecified atom stereocenters. The summed E-state index contributed by atoms with van der Waals surface area (Å²) in [5, 5.41) is 3.89. The molecule has 0 spiro atoms. The Kier molecular flexibility index (Phi) is 5.87. The van der Waals surface area contributed by atoms with E-state index in [4.69, 9.17) is 9.26 Å². The van der Waals surface area contributed by atoms with E-state index in [0.29, 0.717) is 18.2 Å². The molecule has 1 N–H and O–H groups in total. The Morgan fingerprint density at radius 2 is 2.09 bits per heavy atom. The van der Waals surface area contributed by atoms with E-state index in [1.807, 2.05) is 51.1 Å². The molecule has 0 aliphatic rings. The van der Waals surface area contributed by atoms with Gasteiger partial charge in [0, 0.05) is 17.4 Å². The standard InChI is InChI=1S/C17H22N2O3S/c1-5-14(19-23(20)17(2,3)4)15-11-16(18-22-15)21-12-13-9-7-6-8-10-13/h5-11,14,19H,1,12H2,2-4H3/t14-,23-/m0/s1. The first kappa shape index (κ1) is 17.6. The molecule has 124 valence electrons. The van der Waals surface area contributed by atoms with Crippen LogP contribution < -0.4 is 9.46 Å². The van der Waals surface area contributed by atoms with Gasteiger partial charge in [-0.15, -0.1) is 11.3 Å². The lowest BCUT2D eigenvalue weighted by Crippen LogP contribution is -2.40. The molecule has 0 amide bonds. The van der Waals surface area contributed by atoms with Crippen LogP contribution in [0.1, 0.15) is 38.1 Å². The van der Waals surface area contributed by atoms with E-state index in [1.54, 1.807) is 12.1 Å². The van der Waals surface area contributed by atoms with Crippen molar-refractivity contribution in [3.63, 3.8) is 0 Å². The van der Waals surface area contributed by atoms with E-state index in [9.17, 15) is 4.55 Å². The maximum Gasteiger partial charge on any atom is 0.254 e. The summed E-state index contributed by atoms with van der Waals surface area (Å²) in [4.78, 5) is 0. The minimum atomic E-state index is -1.24. The van der Waals surface area contributed by atoms with E-state index >= 15 is 0 Å². The normalized spacial score (nSPS) is 14.3. The van der Waals surface area contributed by atoms with Gasteiger partial charge >= 0.3 is 0 Å². The zero-order valence-electron chi connectivity index (χ0n) is 13.6. The summed E-state index contributed by atoms with van der Waals surface area (Å²) >= 11 is -1.24. The molecule has 0 aliphatic carbocycles. The van der Waals surface area contributed by atoms with E-state index in [1.165, 1.54) is 0 Å². The molecular weight excluding hydrogens is 312 g/mol. The predicted octanol–water partition coefficient (Wildman–Crippen LogP) is 3.53. The highest BCUT2D eigenvalue weighted by atomic mass is 32.2. The van der Waals surface area contributed by atoms with Crippen molar-refractivity contribution in [2.45, 2.75) is 38.2 Å². The minimum absolute atomic E-state index is 0.381. The summed E-state index contributed by atoms with van der Waals surface area (Å²) in [5.41, 5.74) is 1.05. The number of aromatic nitrogens is 1. The Labute approximate surface area is 140 Å². The maximum atomic E-state index is 12.2. The summed E-state index contributed by atoms with van der Waals surface area (Å²) in [6, 6.07) is 11.1. The number of nitrogens with one attached hydrogen (secondary N) is 1. The van der Waals surface area contributed by atoms with Crippen molar-refractivity contribution < 1.29 is 13.8 Å². The van der Waals surface area contributed by atoms with Gasteiger partial charge in [-0.2, -0.15) is 0 Å². The molecule has 0 bridgehead atoms. The van der Waals surface area contributed by atoms with Gasteiger partial charge in [-0.3, -0.25) is 0 Å². The van der Waals surface area contributed by atoms with Crippen molar-refractivity contribution in [2.75, 3.05) is 0 Å². The summed E-state index contributed by atoms with van der Waals surface area (Å²) in [7, 11) is 0. The highest BCUT2D eigenvalue weighted by Crippen LogP contribution is 2.23. The zero-order valence-corrected chi connectivity index (χ0v) is 14.4. The molecule has 0 saturated heterocycles. The molecule has 2 aromatic rings. The molecule has 2 atom stereocenters. The average molecular weight is 334 g/mol. The van der Waals surface area contributed by atoms with Crippen LogP contribution in [0.25, 0.3) is 0 Å². The van der Waals surface area contributed by atoms with E-state index in [2.05, 4.69) is 16.5 Å². The molecule has 1 heterocycles. The fourth-order valence-electron chi connectivity index (χ4n) is 1.73. The number of hydrogen-bond donors (Lipinski definition) is 1. The number of benzene rings is 1. The second kappa shape index (κ2) is 7.68. The lowest BCUT2D eigenvalue weighted by Gasteiger charge is -2.25. The summed E-state index contributed by atoms with van der Waals surface area (Å²) in [6.45, 7) is 9.84. The van der Waals surface area contributed by atoms with Crippen molar-refractivity contribution in [1.82, 2.24) is 9.88 Å². The molecule has 1 aromatic carbocycles. The molecule has 6 heteroatoms. The Morgan fingerprint density at radius 1 is 1.39 bits per heavy atom. The minimum Gasteiger partial charge on any atom is -0.598 e. The van der Waals surface area contributed by atoms with Gasteiger partial charge in [-0.25, -0.2) is 0 Å². The summed E-state index contributed by atoms with van der Waals surface area (Å²) in [5.74, 6) is 0.903. The van der Waals surface area contributed by atoms with E-state index < -0.39 is 17.4 Å². The van der Waals surface area contributed by atoms with Gasteiger partial charge in [0.05, 0.1) is 0 Å².